The average molecular weight is 546 g/mol. The maximum absolute atomic E-state index is 13.8. The first-order valence-electron chi connectivity index (χ1n) is 11.8. The second-order valence-corrected chi connectivity index (χ2v) is 9.07. The molecular formula is C29H24ClN3O6. The fourth-order valence-electron chi connectivity index (χ4n) is 4.13. The van der Waals surface area contributed by atoms with Gasteiger partial charge in [0.2, 0.25) is 0 Å². The Morgan fingerprint density at radius 1 is 1.08 bits per heavy atom. The Kier molecular flexibility index (Phi) is 8.18. The maximum Gasteiger partial charge on any atom is 0.331 e. The largest absolute Gasteiger partial charge is 0.497 e. The lowest BCUT2D eigenvalue weighted by atomic mass is 10.0. The van der Waals surface area contributed by atoms with Gasteiger partial charge in [0.15, 0.2) is 11.8 Å². The molecule has 0 spiro atoms. The first-order valence-corrected chi connectivity index (χ1v) is 12.2. The van der Waals surface area contributed by atoms with Crippen LogP contribution in [0.25, 0.3) is 0 Å². The number of carbonyl (C=O) groups is 4. The van der Waals surface area contributed by atoms with Crippen molar-refractivity contribution in [1.29, 1.82) is 0 Å². The van der Waals surface area contributed by atoms with E-state index in [-0.39, 0.29) is 22.8 Å². The number of terminal acetylenes is 1. The minimum Gasteiger partial charge on any atom is -0.497 e. The first kappa shape index (κ1) is 27.2. The van der Waals surface area contributed by atoms with E-state index < -0.39 is 35.9 Å². The molecule has 1 heterocycles. The molecule has 3 aromatic rings. The monoisotopic (exact) mass is 545 g/mol. The van der Waals surface area contributed by atoms with Crippen molar-refractivity contribution in [3.05, 3.63) is 94.5 Å². The zero-order valence-corrected chi connectivity index (χ0v) is 21.8. The van der Waals surface area contributed by atoms with E-state index in [2.05, 4.69) is 5.32 Å². The van der Waals surface area contributed by atoms with Gasteiger partial charge in [0.25, 0.3) is 18.0 Å². The second kappa shape index (κ2) is 11.7. The topological polar surface area (TPSA) is 105 Å². The van der Waals surface area contributed by atoms with Crippen LogP contribution in [0, 0.1) is 19.5 Å². The van der Waals surface area contributed by atoms with Gasteiger partial charge in [-0.2, -0.15) is 0 Å². The Hall–Kier alpha value is -4.81. The SMILES string of the molecule is C#COC1C(=O)N(C(C(=O)Nc2cc(C)ccc2Cl)C(=O)c2ccc(OC)cc2)C(=O)N1Cc1ccccc1. The number of halogens is 1. The third kappa shape index (κ3) is 5.71. The second-order valence-electron chi connectivity index (χ2n) is 8.66. The zero-order chi connectivity index (χ0) is 28.1. The fraction of sp³-hybridized carbons (Fsp3) is 0.172. The van der Waals surface area contributed by atoms with Crippen molar-refractivity contribution in [2.75, 3.05) is 12.4 Å². The predicted octanol–water partition coefficient (Wildman–Crippen LogP) is 4.24. The predicted molar refractivity (Wildman–Crippen MR) is 144 cm³/mol. The number of carbonyl (C=O) groups excluding carboxylic acids is 4. The summed E-state index contributed by atoms with van der Waals surface area (Å²) in [5, 5.41) is 2.80. The summed E-state index contributed by atoms with van der Waals surface area (Å²) in [6.45, 7) is 1.74. The number of urea groups is 1. The highest BCUT2D eigenvalue weighted by molar-refractivity contribution is 6.34. The lowest BCUT2D eigenvalue weighted by Gasteiger charge is -2.24. The summed E-state index contributed by atoms with van der Waals surface area (Å²) in [6, 6.07) is 16.9. The molecule has 4 amide bonds. The molecule has 9 nitrogen and oxygen atoms in total. The maximum atomic E-state index is 13.8. The van der Waals surface area contributed by atoms with Crippen molar-refractivity contribution in [2.45, 2.75) is 25.7 Å². The molecule has 10 heteroatoms. The highest BCUT2D eigenvalue weighted by atomic mass is 35.5. The van der Waals surface area contributed by atoms with Gasteiger partial charge in [-0.15, -0.1) is 0 Å². The Bertz CT molecular complexity index is 1450. The molecule has 1 aliphatic rings. The van der Waals surface area contributed by atoms with Crippen molar-refractivity contribution in [3.63, 3.8) is 0 Å². The van der Waals surface area contributed by atoms with Crippen LogP contribution >= 0.6 is 11.6 Å². The molecule has 0 aliphatic carbocycles. The lowest BCUT2D eigenvalue weighted by Crippen LogP contribution is -2.52. The van der Waals surface area contributed by atoms with Gasteiger partial charge in [-0.25, -0.2) is 9.69 Å². The van der Waals surface area contributed by atoms with Gasteiger partial charge in [-0.3, -0.25) is 19.3 Å². The summed E-state index contributed by atoms with van der Waals surface area (Å²) >= 11 is 6.26. The molecule has 0 aromatic heterocycles. The zero-order valence-electron chi connectivity index (χ0n) is 21.1. The molecular weight excluding hydrogens is 522 g/mol. The molecule has 0 saturated carbocycles. The molecule has 4 rings (SSSR count). The minimum absolute atomic E-state index is 0.0525. The quantitative estimate of drug-likeness (QED) is 0.187. The average Bonchev–Trinajstić information content (AvgIpc) is 3.16. The molecule has 0 radical (unpaired) electrons. The van der Waals surface area contributed by atoms with E-state index in [1.807, 2.05) is 6.11 Å². The van der Waals surface area contributed by atoms with Crippen LogP contribution in [0.3, 0.4) is 0 Å². The van der Waals surface area contributed by atoms with Crippen molar-refractivity contribution >= 4 is 40.9 Å². The van der Waals surface area contributed by atoms with Gasteiger partial charge in [0, 0.05) is 5.56 Å². The molecule has 2 atom stereocenters. The number of hydrogen-bond donors (Lipinski definition) is 1. The van der Waals surface area contributed by atoms with Gasteiger partial charge < -0.3 is 14.8 Å². The van der Waals surface area contributed by atoms with E-state index in [0.717, 1.165) is 10.5 Å². The Balaban J connectivity index is 1.75. The van der Waals surface area contributed by atoms with Crippen molar-refractivity contribution in [3.8, 4) is 18.3 Å². The number of methoxy groups -OCH3 is 1. The Labute approximate surface area is 230 Å². The number of Topliss-reactive ketones (excluding diaryl/α,β-unsaturated/α-hetero) is 1. The number of ether oxygens (including phenoxy) is 2. The third-order valence-corrected chi connectivity index (χ3v) is 6.40. The van der Waals surface area contributed by atoms with Gasteiger partial charge in [-0.1, -0.05) is 54.4 Å². The molecule has 1 N–H and O–H groups in total. The lowest BCUT2D eigenvalue weighted by molar-refractivity contribution is -0.140. The van der Waals surface area contributed by atoms with Crippen LogP contribution in [0.1, 0.15) is 21.5 Å². The molecule has 2 unspecified atom stereocenters. The number of nitrogens with one attached hydrogen (secondary N) is 1. The number of amides is 4. The molecule has 0 bridgehead atoms. The molecule has 198 valence electrons. The van der Waals surface area contributed by atoms with Crippen molar-refractivity contribution in [2.24, 2.45) is 0 Å². The van der Waals surface area contributed by atoms with Crippen LogP contribution in [0.15, 0.2) is 72.8 Å². The standard InChI is InChI=1S/C29H24ClN3O6/c1-4-39-28-27(36)33(29(37)32(28)17-19-8-6-5-7-9-19)24(25(34)20-11-13-21(38-3)14-12-20)26(35)31-23-16-18(2)10-15-22(23)30/h1,5-16,24,28H,17H2,2-3H3,(H,31,35). The van der Waals surface area contributed by atoms with E-state index in [0.29, 0.717) is 16.2 Å². The number of ketones is 1. The van der Waals surface area contributed by atoms with E-state index in [9.17, 15) is 19.2 Å². The highest BCUT2D eigenvalue weighted by Crippen LogP contribution is 2.28. The summed E-state index contributed by atoms with van der Waals surface area (Å²) in [4.78, 5) is 56.3. The summed E-state index contributed by atoms with van der Waals surface area (Å²) in [6.07, 6.45) is 5.71. The van der Waals surface area contributed by atoms with E-state index >= 15 is 0 Å². The van der Waals surface area contributed by atoms with Crippen LogP contribution in [-0.2, 0) is 20.9 Å². The number of aryl methyl sites for hydroxylation is 1. The normalized spacial score (nSPS) is 15.5. The number of anilines is 1. The third-order valence-electron chi connectivity index (χ3n) is 6.07. The summed E-state index contributed by atoms with van der Waals surface area (Å²) in [5.41, 5.74) is 1.76. The number of rotatable bonds is 9. The highest BCUT2D eigenvalue weighted by Gasteiger charge is 2.53. The van der Waals surface area contributed by atoms with E-state index in [1.54, 1.807) is 55.5 Å². The molecule has 1 fully saturated rings. The number of imide groups is 1. The summed E-state index contributed by atoms with van der Waals surface area (Å²) in [7, 11) is 1.47. The van der Waals surface area contributed by atoms with Crippen LogP contribution in [0.4, 0.5) is 10.5 Å². The molecule has 1 aliphatic heterocycles. The summed E-state index contributed by atoms with van der Waals surface area (Å²) < 4.78 is 10.3. The Morgan fingerprint density at radius 3 is 2.41 bits per heavy atom. The van der Waals surface area contributed by atoms with Gasteiger partial charge >= 0.3 is 6.03 Å². The molecule has 1 saturated heterocycles. The van der Waals surface area contributed by atoms with Crippen molar-refractivity contribution < 1.29 is 28.7 Å². The minimum atomic E-state index is -1.89. The van der Waals surface area contributed by atoms with Gasteiger partial charge in [-0.05, 0) is 54.4 Å². The van der Waals surface area contributed by atoms with Crippen LogP contribution in [0.2, 0.25) is 5.02 Å². The van der Waals surface area contributed by atoms with Gasteiger partial charge in [0.05, 0.1) is 24.4 Å². The van der Waals surface area contributed by atoms with Crippen molar-refractivity contribution in [1.82, 2.24) is 9.80 Å². The molecule has 3 aromatic carbocycles. The van der Waals surface area contributed by atoms with Crippen LogP contribution in [0.5, 0.6) is 5.75 Å². The summed E-state index contributed by atoms with van der Waals surface area (Å²) in [5.74, 6) is -2.22. The number of hydrogen-bond acceptors (Lipinski definition) is 6. The number of nitrogens with zero attached hydrogens (tertiary/aromatic N) is 2. The van der Waals surface area contributed by atoms with Crippen LogP contribution < -0.4 is 10.1 Å². The molecule has 39 heavy (non-hydrogen) atoms. The van der Waals surface area contributed by atoms with E-state index in [1.165, 1.54) is 31.4 Å². The first-order chi connectivity index (χ1) is 18.7. The smallest absolute Gasteiger partial charge is 0.331 e. The van der Waals surface area contributed by atoms with Crippen LogP contribution in [-0.4, -0.2) is 52.8 Å². The fourth-order valence-corrected chi connectivity index (χ4v) is 4.30. The van der Waals surface area contributed by atoms with Gasteiger partial charge in [0.1, 0.15) is 11.9 Å². The number of benzene rings is 3. The van der Waals surface area contributed by atoms with E-state index in [4.69, 9.17) is 27.5 Å². The Morgan fingerprint density at radius 2 is 1.77 bits per heavy atom.